The molecule has 0 bridgehead atoms. The fourth-order valence-electron chi connectivity index (χ4n) is 1.47. The van der Waals surface area contributed by atoms with Gasteiger partial charge in [0, 0.05) is 5.69 Å². The topological polar surface area (TPSA) is 47.3 Å². The second-order valence-corrected chi connectivity index (χ2v) is 3.79. The number of rotatable bonds is 3. The Bertz CT molecular complexity index is 535. The minimum atomic E-state index is -4.34. The first-order valence-corrected chi connectivity index (χ1v) is 5.41. The van der Waals surface area contributed by atoms with Crippen molar-refractivity contribution in [3.63, 3.8) is 0 Å². The monoisotopic (exact) mass is 268 g/mol. The van der Waals surface area contributed by atoms with Crippen molar-refractivity contribution in [1.82, 2.24) is 0 Å². The van der Waals surface area contributed by atoms with Gasteiger partial charge in [0.05, 0.1) is 5.56 Å². The van der Waals surface area contributed by atoms with E-state index in [0.717, 1.165) is 12.1 Å². The molecule has 0 radical (unpaired) electrons. The van der Waals surface area contributed by atoms with E-state index in [9.17, 15) is 13.2 Å². The van der Waals surface area contributed by atoms with Crippen LogP contribution in [0.25, 0.3) is 0 Å². The van der Waals surface area contributed by atoms with Gasteiger partial charge in [0.2, 0.25) is 0 Å². The number of hydrazine groups is 1. The van der Waals surface area contributed by atoms with Crippen LogP contribution in [0.5, 0.6) is 11.5 Å². The van der Waals surface area contributed by atoms with Gasteiger partial charge in [0.15, 0.2) is 0 Å². The smallest absolute Gasteiger partial charge is 0.416 e. The summed E-state index contributed by atoms with van der Waals surface area (Å²) in [6.07, 6.45) is -4.34. The molecule has 0 aliphatic carbocycles. The fraction of sp³-hybridized carbons (Fsp3) is 0.0769. The lowest BCUT2D eigenvalue weighted by Crippen LogP contribution is -2.06. The molecule has 100 valence electrons. The van der Waals surface area contributed by atoms with Gasteiger partial charge in [-0.05, 0) is 48.5 Å². The third-order valence-electron chi connectivity index (χ3n) is 2.44. The second-order valence-electron chi connectivity index (χ2n) is 3.79. The highest BCUT2D eigenvalue weighted by molar-refractivity contribution is 5.46. The van der Waals surface area contributed by atoms with Crippen molar-refractivity contribution in [3.05, 3.63) is 54.1 Å². The summed E-state index contributed by atoms with van der Waals surface area (Å²) in [5, 5.41) is 0. The summed E-state index contributed by atoms with van der Waals surface area (Å²) in [6, 6.07) is 11.2. The van der Waals surface area contributed by atoms with Crippen molar-refractivity contribution in [2.75, 3.05) is 5.43 Å². The van der Waals surface area contributed by atoms with Gasteiger partial charge in [0.25, 0.3) is 0 Å². The minimum Gasteiger partial charge on any atom is -0.457 e. The van der Waals surface area contributed by atoms with Gasteiger partial charge in [-0.25, -0.2) is 0 Å². The number of anilines is 1. The van der Waals surface area contributed by atoms with Crippen LogP contribution in [0.2, 0.25) is 0 Å². The Morgan fingerprint density at radius 2 is 1.32 bits per heavy atom. The van der Waals surface area contributed by atoms with Crippen LogP contribution in [-0.2, 0) is 6.18 Å². The van der Waals surface area contributed by atoms with Gasteiger partial charge in [-0.1, -0.05) is 0 Å². The molecule has 2 aromatic carbocycles. The number of benzene rings is 2. The Kier molecular flexibility index (Phi) is 3.62. The maximum atomic E-state index is 12.4. The normalized spacial score (nSPS) is 11.2. The van der Waals surface area contributed by atoms with E-state index in [0.29, 0.717) is 17.2 Å². The predicted octanol–water partition coefficient (Wildman–Crippen LogP) is 3.78. The van der Waals surface area contributed by atoms with Crippen molar-refractivity contribution >= 4 is 5.69 Å². The molecule has 3 N–H and O–H groups in total. The molecule has 0 aliphatic rings. The molecule has 0 aromatic heterocycles. The lowest BCUT2D eigenvalue weighted by Gasteiger charge is -2.09. The van der Waals surface area contributed by atoms with Crippen molar-refractivity contribution in [3.8, 4) is 11.5 Å². The quantitative estimate of drug-likeness (QED) is 0.657. The van der Waals surface area contributed by atoms with Crippen LogP contribution >= 0.6 is 0 Å². The summed E-state index contributed by atoms with van der Waals surface area (Å²) in [6.45, 7) is 0. The number of nitrogen functional groups attached to an aromatic ring is 1. The SMILES string of the molecule is NNc1ccc(Oc2ccc(C(F)(F)F)cc2)cc1. The van der Waals surface area contributed by atoms with Crippen LogP contribution in [0.1, 0.15) is 5.56 Å². The number of hydrogen-bond donors (Lipinski definition) is 2. The summed E-state index contributed by atoms with van der Waals surface area (Å²) < 4.78 is 42.5. The van der Waals surface area contributed by atoms with Crippen LogP contribution < -0.4 is 16.0 Å². The molecule has 0 saturated heterocycles. The molecular weight excluding hydrogens is 257 g/mol. The van der Waals surface area contributed by atoms with Crippen molar-refractivity contribution in [1.29, 1.82) is 0 Å². The van der Waals surface area contributed by atoms with E-state index >= 15 is 0 Å². The molecule has 2 rings (SSSR count). The van der Waals surface area contributed by atoms with Gasteiger partial charge in [-0.15, -0.1) is 0 Å². The maximum absolute atomic E-state index is 12.4. The molecule has 0 amide bonds. The van der Waals surface area contributed by atoms with Crippen molar-refractivity contribution in [2.45, 2.75) is 6.18 Å². The highest BCUT2D eigenvalue weighted by Gasteiger charge is 2.29. The van der Waals surface area contributed by atoms with Gasteiger partial charge < -0.3 is 10.2 Å². The van der Waals surface area contributed by atoms with Crippen molar-refractivity contribution in [2.24, 2.45) is 5.84 Å². The second kappa shape index (κ2) is 5.19. The lowest BCUT2D eigenvalue weighted by atomic mass is 10.2. The van der Waals surface area contributed by atoms with E-state index in [4.69, 9.17) is 10.6 Å². The lowest BCUT2D eigenvalue weighted by molar-refractivity contribution is -0.137. The molecule has 6 heteroatoms. The van der Waals surface area contributed by atoms with Gasteiger partial charge in [-0.3, -0.25) is 5.84 Å². The Morgan fingerprint density at radius 3 is 1.74 bits per heavy atom. The summed E-state index contributed by atoms with van der Waals surface area (Å²) in [4.78, 5) is 0. The fourth-order valence-corrected chi connectivity index (χ4v) is 1.47. The molecule has 0 unspecified atom stereocenters. The van der Waals surface area contributed by atoms with E-state index in [-0.39, 0.29) is 0 Å². The molecule has 0 fully saturated rings. The molecule has 19 heavy (non-hydrogen) atoms. The molecule has 2 aromatic rings. The standard InChI is InChI=1S/C13H11F3N2O/c14-13(15,16)9-1-5-11(6-2-9)19-12-7-3-10(18-17)4-8-12/h1-8,18H,17H2. The Balaban J connectivity index is 2.10. The van der Waals surface area contributed by atoms with Crippen LogP contribution in [0.4, 0.5) is 18.9 Å². The average Bonchev–Trinajstić information content (AvgIpc) is 2.39. The first-order valence-electron chi connectivity index (χ1n) is 5.41. The number of halogens is 3. The number of nitrogens with one attached hydrogen (secondary N) is 1. The third kappa shape index (κ3) is 3.38. The zero-order valence-corrected chi connectivity index (χ0v) is 9.74. The number of hydrogen-bond acceptors (Lipinski definition) is 3. The third-order valence-corrected chi connectivity index (χ3v) is 2.44. The Labute approximate surface area is 107 Å². The van der Waals surface area contributed by atoms with E-state index in [1.165, 1.54) is 12.1 Å². The van der Waals surface area contributed by atoms with E-state index in [1.807, 2.05) is 0 Å². The summed E-state index contributed by atoms with van der Waals surface area (Å²) in [7, 11) is 0. The van der Waals surface area contributed by atoms with Crippen LogP contribution in [0, 0.1) is 0 Å². The highest BCUT2D eigenvalue weighted by atomic mass is 19.4. The molecule has 3 nitrogen and oxygen atoms in total. The van der Waals surface area contributed by atoms with Gasteiger partial charge >= 0.3 is 6.18 Å². The predicted molar refractivity (Wildman–Crippen MR) is 65.8 cm³/mol. The van der Waals surface area contributed by atoms with Crippen molar-refractivity contribution < 1.29 is 17.9 Å². The zero-order valence-electron chi connectivity index (χ0n) is 9.74. The molecule has 0 aliphatic heterocycles. The molecule has 0 heterocycles. The number of nitrogens with two attached hydrogens (primary N) is 1. The molecule has 0 spiro atoms. The minimum absolute atomic E-state index is 0.335. The van der Waals surface area contributed by atoms with Gasteiger partial charge in [-0.2, -0.15) is 13.2 Å². The van der Waals surface area contributed by atoms with E-state index < -0.39 is 11.7 Å². The van der Waals surface area contributed by atoms with E-state index in [2.05, 4.69) is 5.43 Å². The Hall–Kier alpha value is -2.21. The molecular formula is C13H11F3N2O. The van der Waals surface area contributed by atoms with Crippen LogP contribution in [0.15, 0.2) is 48.5 Å². The first kappa shape index (κ1) is 13.2. The number of alkyl halides is 3. The summed E-state index contributed by atoms with van der Waals surface area (Å²) >= 11 is 0. The maximum Gasteiger partial charge on any atom is 0.416 e. The molecule has 0 saturated carbocycles. The van der Waals surface area contributed by atoms with Gasteiger partial charge in [0.1, 0.15) is 11.5 Å². The summed E-state index contributed by atoms with van der Waals surface area (Å²) in [5.41, 5.74) is 2.46. The molecule has 0 atom stereocenters. The van der Waals surface area contributed by atoms with E-state index in [1.54, 1.807) is 24.3 Å². The number of ether oxygens (including phenoxy) is 1. The highest BCUT2D eigenvalue weighted by Crippen LogP contribution is 2.31. The van der Waals surface area contributed by atoms with Crippen LogP contribution in [-0.4, -0.2) is 0 Å². The average molecular weight is 268 g/mol. The van der Waals surface area contributed by atoms with Crippen LogP contribution in [0.3, 0.4) is 0 Å². The first-order chi connectivity index (χ1) is 8.99. The zero-order chi connectivity index (χ0) is 13.9. The summed E-state index contributed by atoms with van der Waals surface area (Å²) in [5.74, 6) is 6.06. The Morgan fingerprint density at radius 1 is 0.842 bits per heavy atom. The largest absolute Gasteiger partial charge is 0.457 e.